The second-order valence-corrected chi connectivity index (χ2v) is 6.58. The van der Waals surface area contributed by atoms with E-state index in [1.807, 2.05) is 36.4 Å². The van der Waals surface area contributed by atoms with Gasteiger partial charge in [0, 0.05) is 12.4 Å². The first kappa shape index (κ1) is 17.7. The van der Waals surface area contributed by atoms with Crippen LogP contribution in [0, 0.1) is 0 Å². The highest BCUT2D eigenvalue weighted by Gasteiger charge is 2.20. The Morgan fingerprint density at radius 2 is 1.71 bits per heavy atom. The van der Waals surface area contributed by atoms with Gasteiger partial charge in [0.2, 0.25) is 0 Å². The fourth-order valence-corrected chi connectivity index (χ4v) is 3.15. The zero-order valence-corrected chi connectivity index (χ0v) is 15.4. The topological polar surface area (TPSA) is 68.3 Å². The third-order valence-corrected chi connectivity index (χ3v) is 4.57. The van der Waals surface area contributed by atoms with E-state index in [4.69, 9.17) is 4.42 Å². The minimum atomic E-state index is -0.269. The van der Waals surface area contributed by atoms with Gasteiger partial charge in [0.05, 0.1) is 24.7 Å². The summed E-state index contributed by atoms with van der Waals surface area (Å²) in [5.74, 6) is 0.409. The van der Waals surface area contributed by atoms with Gasteiger partial charge in [0.15, 0.2) is 5.69 Å². The first-order valence-corrected chi connectivity index (χ1v) is 8.95. The van der Waals surface area contributed by atoms with Crippen LogP contribution in [-0.4, -0.2) is 27.6 Å². The van der Waals surface area contributed by atoms with E-state index in [2.05, 4.69) is 5.10 Å². The molecule has 4 rings (SSSR count). The summed E-state index contributed by atoms with van der Waals surface area (Å²) >= 11 is 0. The molecule has 0 saturated heterocycles. The third kappa shape index (κ3) is 3.44. The molecule has 2 heterocycles. The number of nitrogens with zero attached hydrogens (tertiary/aromatic N) is 3. The molecule has 0 aliphatic heterocycles. The molecule has 0 spiro atoms. The normalized spacial score (nSPS) is 10.9. The second-order valence-electron chi connectivity index (χ2n) is 6.58. The Bertz CT molecular complexity index is 1160. The SMILES string of the molecule is CN(Cc1ccco1)C(=O)c1nn(Cc2ccccc2)c(=O)c2ccccc12. The van der Waals surface area contributed by atoms with Crippen LogP contribution in [0.4, 0.5) is 0 Å². The van der Waals surface area contributed by atoms with Crippen molar-refractivity contribution in [1.82, 2.24) is 14.7 Å². The summed E-state index contributed by atoms with van der Waals surface area (Å²) in [4.78, 5) is 27.5. The Morgan fingerprint density at radius 1 is 1.00 bits per heavy atom. The van der Waals surface area contributed by atoms with Gasteiger partial charge in [0.1, 0.15) is 5.76 Å². The van der Waals surface area contributed by atoms with E-state index in [9.17, 15) is 9.59 Å². The highest BCUT2D eigenvalue weighted by atomic mass is 16.3. The zero-order valence-electron chi connectivity index (χ0n) is 15.4. The zero-order chi connectivity index (χ0) is 19.5. The Kier molecular flexibility index (Phi) is 4.76. The molecule has 0 aliphatic carbocycles. The van der Waals surface area contributed by atoms with E-state index in [1.54, 1.807) is 43.6 Å². The molecule has 0 radical (unpaired) electrons. The maximum atomic E-state index is 13.1. The van der Waals surface area contributed by atoms with Gasteiger partial charge in [-0.25, -0.2) is 4.68 Å². The molecule has 0 fully saturated rings. The summed E-state index contributed by atoms with van der Waals surface area (Å²) in [6.07, 6.45) is 1.57. The van der Waals surface area contributed by atoms with Crippen molar-refractivity contribution in [2.75, 3.05) is 7.05 Å². The van der Waals surface area contributed by atoms with Gasteiger partial charge in [-0.15, -0.1) is 0 Å². The van der Waals surface area contributed by atoms with Crippen LogP contribution in [0.5, 0.6) is 0 Å². The number of amides is 1. The van der Waals surface area contributed by atoms with Gasteiger partial charge in [-0.2, -0.15) is 5.10 Å². The summed E-state index contributed by atoms with van der Waals surface area (Å²) in [6.45, 7) is 0.617. The number of fused-ring (bicyclic) bond motifs is 1. The van der Waals surface area contributed by atoms with Crippen molar-refractivity contribution in [1.29, 1.82) is 0 Å². The minimum absolute atomic E-state index is 0.218. The van der Waals surface area contributed by atoms with Crippen molar-refractivity contribution < 1.29 is 9.21 Å². The molecule has 140 valence electrons. The first-order valence-electron chi connectivity index (χ1n) is 8.95. The van der Waals surface area contributed by atoms with Crippen molar-refractivity contribution in [2.24, 2.45) is 0 Å². The van der Waals surface area contributed by atoms with Gasteiger partial charge in [-0.05, 0) is 23.8 Å². The predicted molar refractivity (Wildman–Crippen MR) is 106 cm³/mol. The Balaban J connectivity index is 1.77. The van der Waals surface area contributed by atoms with E-state index in [0.717, 1.165) is 5.56 Å². The average molecular weight is 373 g/mol. The van der Waals surface area contributed by atoms with Gasteiger partial charge >= 0.3 is 0 Å². The maximum Gasteiger partial charge on any atom is 0.275 e. The molecule has 6 heteroatoms. The maximum absolute atomic E-state index is 13.1. The predicted octanol–water partition coefficient (Wildman–Crippen LogP) is 3.31. The van der Waals surface area contributed by atoms with Crippen LogP contribution in [0.25, 0.3) is 10.8 Å². The van der Waals surface area contributed by atoms with Crippen LogP contribution in [0.15, 0.2) is 82.2 Å². The molecule has 0 N–H and O–H groups in total. The van der Waals surface area contributed by atoms with E-state index in [0.29, 0.717) is 29.6 Å². The number of hydrogen-bond acceptors (Lipinski definition) is 4. The number of hydrogen-bond donors (Lipinski definition) is 0. The van der Waals surface area contributed by atoms with Gasteiger partial charge in [-0.3, -0.25) is 9.59 Å². The van der Waals surface area contributed by atoms with Crippen LogP contribution < -0.4 is 5.56 Å². The number of benzene rings is 2. The van der Waals surface area contributed by atoms with Gasteiger partial charge in [0.25, 0.3) is 11.5 Å². The molecule has 2 aromatic heterocycles. The van der Waals surface area contributed by atoms with Gasteiger partial charge in [-0.1, -0.05) is 48.5 Å². The highest BCUT2D eigenvalue weighted by Crippen LogP contribution is 2.16. The number of carbonyl (C=O) groups excluding carboxylic acids is 1. The summed E-state index contributed by atoms with van der Waals surface area (Å²) in [7, 11) is 1.69. The Hall–Kier alpha value is -3.67. The summed E-state index contributed by atoms with van der Waals surface area (Å²) in [5.41, 5.74) is 0.972. The minimum Gasteiger partial charge on any atom is -0.467 e. The van der Waals surface area contributed by atoms with E-state index < -0.39 is 0 Å². The molecular formula is C22H19N3O3. The highest BCUT2D eigenvalue weighted by molar-refractivity contribution is 6.04. The van der Waals surface area contributed by atoms with E-state index in [1.165, 1.54) is 9.58 Å². The molecule has 0 saturated carbocycles. The van der Waals surface area contributed by atoms with Gasteiger partial charge < -0.3 is 9.32 Å². The third-order valence-electron chi connectivity index (χ3n) is 4.57. The summed E-state index contributed by atoms with van der Waals surface area (Å²) < 4.78 is 6.68. The average Bonchev–Trinajstić information content (AvgIpc) is 3.23. The molecule has 0 atom stereocenters. The quantitative estimate of drug-likeness (QED) is 0.538. The lowest BCUT2D eigenvalue weighted by atomic mass is 10.1. The van der Waals surface area contributed by atoms with Crippen molar-refractivity contribution >= 4 is 16.7 Å². The molecule has 2 aromatic carbocycles. The molecule has 1 amide bonds. The van der Waals surface area contributed by atoms with Crippen LogP contribution >= 0.6 is 0 Å². The lowest BCUT2D eigenvalue weighted by Gasteiger charge is -2.17. The summed E-state index contributed by atoms with van der Waals surface area (Å²) in [5, 5.41) is 5.45. The molecule has 0 bridgehead atoms. The second kappa shape index (κ2) is 7.52. The standard InChI is InChI=1S/C22H19N3O3/c1-24(15-17-10-7-13-28-17)22(27)20-18-11-5-6-12-19(18)21(26)25(23-20)14-16-8-3-2-4-9-16/h2-13H,14-15H2,1H3. The number of carbonyl (C=O) groups is 1. The van der Waals surface area contributed by atoms with Crippen LogP contribution in [0.2, 0.25) is 0 Å². The molecule has 4 aromatic rings. The van der Waals surface area contributed by atoms with Crippen LogP contribution in [0.1, 0.15) is 21.8 Å². The molecule has 0 unspecified atom stereocenters. The van der Waals surface area contributed by atoms with Crippen LogP contribution in [0.3, 0.4) is 0 Å². The van der Waals surface area contributed by atoms with Crippen LogP contribution in [-0.2, 0) is 13.1 Å². The lowest BCUT2D eigenvalue weighted by molar-refractivity contribution is 0.0769. The lowest BCUT2D eigenvalue weighted by Crippen LogP contribution is -2.32. The summed E-state index contributed by atoms with van der Waals surface area (Å²) in [6, 6.07) is 20.2. The number of rotatable bonds is 5. The Labute approximate surface area is 161 Å². The fourth-order valence-electron chi connectivity index (χ4n) is 3.15. The monoisotopic (exact) mass is 373 g/mol. The Morgan fingerprint density at radius 3 is 2.43 bits per heavy atom. The molecular weight excluding hydrogens is 354 g/mol. The van der Waals surface area contributed by atoms with Crippen molar-refractivity contribution in [2.45, 2.75) is 13.1 Å². The van der Waals surface area contributed by atoms with E-state index in [-0.39, 0.29) is 17.2 Å². The van der Waals surface area contributed by atoms with E-state index >= 15 is 0 Å². The molecule has 0 aliphatic rings. The molecule has 6 nitrogen and oxygen atoms in total. The number of furan rings is 1. The fraction of sp³-hybridized carbons (Fsp3) is 0.136. The largest absolute Gasteiger partial charge is 0.467 e. The van der Waals surface area contributed by atoms with Crippen molar-refractivity contribution in [3.05, 3.63) is 100 Å². The smallest absolute Gasteiger partial charge is 0.275 e. The molecule has 28 heavy (non-hydrogen) atoms. The number of aromatic nitrogens is 2. The van der Waals surface area contributed by atoms with Crippen molar-refractivity contribution in [3.8, 4) is 0 Å². The van der Waals surface area contributed by atoms with Crippen molar-refractivity contribution in [3.63, 3.8) is 0 Å². The first-order chi connectivity index (χ1) is 13.6.